The summed E-state index contributed by atoms with van der Waals surface area (Å²) in [5, 5.41) is 5.86. The second-order valence-corrected chi connectivity index (χ2v) is 12.8. The first-order chi connectivity index (χ1) is 25.3. The molecule has 0 saturated carbocycles. The molecule has 0 amide bonds. The highest BCUT2D eigenvalue weighted by atomic mass is 16.3. The van der Waals surface area contributed by atoms with Crippen molar-refractivity contribution in [2.24, 2.45) is 0 Å². The lowest BCUT2D eigenvalue weighted by atomic mass is 9.90. The van der Waals surface area contributed by atoms with E-state index in [9.17, 15) is 0 Å². The van der Waals surface area contributed by atoms with Gasteiger partial charge in [0.05, 0.1) is 11.4 Å². The van der Waals surface area contributed by atoms with Gasteiger partial charge in [0.25, 0.3) is 0 Å². The zero-order valence-corrected chi connectivity index (χ0v) is 27.5. The van der Waals surface area contributed by atoms with Gasteiger partial charge >= 0.3 is 0 Å². The smallest absolute Gasteiger partial charge is 0.161 e. The quantitative estimate of drug-likeness (QED) is 0.174. The molecule has 10 aromatic rings. The fourth-order valence-corrected chi connectivity index (χ4v) is 7.29. The molecule has 0 atom stereocenters. The van der Waals surface area contributed by atoms with Crippen LogP contribution < -0.4 is 0 Å². The number of furan rings is 1. The molecule has 0 fully saturated rings. The van der Waals surface area contributed by atoms with Crippen LogP contribution in [0.1, 0.15) is 0 Å². The first kappa shape index (κ1) is 29.0. The molecule has 0 bridgehead atoms. The summed E-state index contributed by atoms with van der Waals surface area (Å²) in [4.78, 5) is 15.3. The van der Waals surface area contributed by atoms with E-state index in [0.717, 1.165) is 66.8 Å². The van der Waals surface area contributed by atoms with Gasteiger partial charge in [-0.3, -0.25) is 4.98 Å². The molecule has 0 aliphatic carbocycles. The van der Waals surface area contributed by atoms with E-state index in [1.165, 1.54) is 27.1 Å². The average Bonchev–Trinajstić information content (AvgIpc) is 3.59. The van der Waals surface area contributed by atoms with Crippen LogP contribution in [0.15, 0.2) is 180 Å². The van der Waals surface area contributed by atoms with Crippen molar-refractivity contribution in [1.29, 1.82) is 0 Å². The molecular formula is C47H29N3O. The van der Waals surface area contributed by atoms with Crippen LogP contribution in [0.2, 0.25) is 0 Å². The van der Waals surface area contributed by atoms with Crippen molar-refractivity contribution in [3.8, 4) is 56.2 Å². The van der Waals surface area contributed by atoms with Crippen LogP contribution in [0.5, 0.6) is 0 Å². The van der Waals surface area contributed by atoms with Crippen molar-refractivity contribution in [3.05, 3.63) is 176 Å². The van der Waals surface area contributed by atoms with Crippen LogP contribution in [0.25, 0.3) is 99.8 Å². The zero-order valence-electron chi connectivity index (χ0n) is 27.5. The summed E-state index contributed by atoms with van der Waals surface area (Å²) in [6, 6.07) is 59.3. The third-order valence-corrected chi connectivity index (χ3v) is 9.74. The van der Waals surface area contributed by atoms with Gasteiger partial charge in [0, 0.05) is 28.3 Å². The molecule has 3 heterocycles. The van der Waals surface area contributed by atoms with E-state index in [0.29, 0.717) is 5.82 Å². The molecular weight excluding hydrogens is 623 g/mol. The molecule has 51 heavy (non-hydrogen) atoms. The Kier molecular flexibility index (Phi) is 6.78. The van der Waals surface area contributed by atoms with E-state index >= 15 is 0 Å². The standard InChI is InChI=1S/C47H29N3O/c1-3-12-30(13-4-1)42-29-43(31-14-5-2-6-15-31)50-47(49-42)40-27-34(39-26-32-16-7-8-17-35(32)37-18-9-10-19-38(37)39)21-23-36(40)33-22-24-44-41(28-33)46-45(51-44)20-11-25-48-46/h1-29H. The van der Waals surface area contributed by atoms with Gasteiger partial charge in [-0.15, -0.1) is 0 Å². The summed E-state index contributed by atoms with van der Waals surface area (Å²) in [6.07, 6.45) is 1.81. The third-order valence-electron chi connectivity index (χ3n) is 9.74. The molecule has 0 aliphatic heterocycles. The lowest BCUT2D eigenvalue weighted by molar-refractivity contribution is 0.668. The van der Waals surface area contributed by atoms with Crippen molar-refractivity contribution in [2.75, 3.05) is 0 Å². The lowest BCUT2D eigenvalue weighted by Gasteiger charge is -2.16. The van der Waals surface area contributed by atoms with Crippen molar-refractivity contribution in [2.45, 2.75) is 0 Å². The normalized spacial score (nSPS) is 11.5. The van der Waals surface area contributed by atoms with Gasteiger partial charge in [-0.1, -0.05) is 127 Å². The van der Waals surface area contributed by atoms with Crippen molar-refractivity contribution in [1.82, 2.24) is 15.0 Å². The number of benzene rings is 7. The van der Waals surface area contributed by atoms with Crippen LogP contribution in [-0.2, 0) is 0 Å². The van der Waals surface area contributed by atoms with Gasteiger partial charge < -0.3 is 4.42 Å². The Morgan fingerprint density at radius 3 is 1.78 bits per heavy atom. The Morgan fingerprint density at radius 1 is 0.373 bits per heavy atom. The van der Waals surface area contributed by atoms with Gasteiger partial charge in [0.2, 0.25) is 0 Å². The first-order valence-electron chi connectivity index (χ1n) is 17.1. The minimum absolute atomic E-state index is 0.660. The van der Waals surface area contributed by atoms with Crippen LogP contribution in [0.4, 0.5) is 0 Å². The summed E-state index contributed by atoms with van der Waals surface area (Å²) in [5.74, 6) is 0.660. The van der Waals surface area contributed by atoms with Gasteiger partial charge in [-0.25, -0.2) is 9.97 Å². The number of rotatable bonds is 5. The molecule has 0 spiro atoms. The molecule has 238 valence electrons. The zero-order chi connectivity index (χ0) is 33.7. The molecule has 0 N–H and O–H groups in total. The minimum Gasteiger partial charge on any atom is -0.454 e. The summed E-state index contributed by atoms with van der Waals surface area (Å²) in [5.41, 5.74) is 11.5. The topological polar surface area (TPSA) is 51.8 Å². The Hall–Kier alpha value is -6.91. The first-order valence-corrected chi connectivity index (χ1v) is 17.1. The summed E-state index contributed by atoms with van der Waals surface area (Å²) >= 11 is 0. The van der Waals surface area contributed by atoms with Crippen LogP contribution in [0, 0.1) is 0 Å². The summed E-state index contributed by atoms with van der Waals surface area (Å²) in [7, 11) is 0. The van der Waals surface area contributed by atoms with E-state index in [4.69, 9.17) is 14.4 Å². The minimum atomic E-state index is 0.660. The molecule has 0 unspecified atom stereocenters. The maximum Gasteiger partial charge on any atom is 0.161 e. The lowest BCUT2D eigenvalue weighted by Crippen LogP contribution is -1.98. The van der Waals surface area contributed by atoms with E-state index in [1.54, 1.807) is 0 Å². The largest absolute Gasteiger partial charge is 0.454 e. The molecule has 3 aromatic heterocycles. The second-order valence-electron chi connectivity index (χ2n) is 12.8. The third kappa shape index (κ3) is 5.04. The van der Waals surface area contributed by atoms with E-state index in [1.807, 2.05) is 36.5 Å². The predicted molar refractivity (Wildman–Crippen MR) is 209 cm³/mol. The Bertz CT molecular complexity index is 2860. The number of pyridine rings is 1. The number of aromatic nitrogens is 3. The van der Waals surface area contributed by atoms with Crippen LogP contribution in [-0.4, -0.2) is 15.0 Å². The second kappa shape index (κ2) is 11.9. The SMILES string of the molecule is c1ccc(-c2cc(-c3ccccc3)nc(-c3cc(-c4cc5ccccc5c5ccccc45)ccc3-c3ccc4oc5cccnc5c4c3)n2)cc1. The van der Waals surface area contributed by atoms with Crippen LogP contribution in [0.3, 0.4) is 0 Å². The van der Waals surface area contributed by atoms with Gasteiger partial charge in [0.1, 0.15) is 11.1 Å². The summed E-state index contributed by atoms with van der Waals surface area (Å²) < 4.78 is 6.15. The van der Waals surface area contributed by atoms with Crippen LogP contribution >= 0.6 is 0 Å². The maximum absolute atomic E-state index is 6.15. The monoisotopic (exact) mass is 651 g/mol. The Labute approximate surface area is 294 Å². The summed E-state index contributed by atoms with van der Waals surface area (Å²) in [6.45, 7) is 0. The highest BCUT2D eigenvalue weighted by Gasteiger charge is 2.19. The van der Waals surface area contributed by atoms with Gasteiger partial charge in [-0.05, 0) is 86.3 Å². The fourth-order valence-electron chi connectivity index (χ4n) is 7.29. The fraction of sp³-hybridized carbons (Fsp3) is 0. The van der Waals surface area contributed by atoms with Gasteiger partial charge in [-0.2, -0.15) is 0 Å². The van der Waals surface area contributed by atoms with Crippen molar-refractivity contribution >= 4 is 43.6 Å². The number of hydrogen-bond acceptors (Lipinski definition) is 4. The Balaban J connectivity index is 1.26. The predicted octanol–water partition coefficient (Wildman–Crippen LogP) is 12.4. The van der Waals surface area contributed by atoms with E-state index in [-0.39, 0.29) is 0 Å². The highest BCUT2D eigenvalue weighted by Crippen LogP contribution is 2.41. The molecule has 0 radical (unpaired) electrons. The highest BCUT2D eigenvalue weighted by molar-refractivity contribution is 6.14. The number of fused-ring (bicyclic) bond motifs is 6. The molecule has 4 nitrogen and oxygen atoms in total. The van der Waals surface area contributed by atoms with Crippen molar-refractivity contribution in [3.63, 3.8) is 0 Å². The average molecular weight is 652 g/mol. The van der Waals surface area contributed by atoms with E-state index < -0.39 is 0 Å². The molecule has 4 heteroatoms. The maximum atomic E-state index is 6.15. The van der Waals surface area contributed by atoms with Crippen molar-refractivity contribution < 1.29 is 4.42 Å². The molecule has 0 saturated heterocycles. The van der Waals surface area contributed by atoms with E-state index in [2.05, 4.69) is 145 Å². The van der Waals surface area contributed by atoms with Gasteiger partial charge in [0.15, 0.2) is 11.4 Å². The number of nitrogens with zero attached hydrogens (tertiary/aromatic N) is 3. The molecule has 0 aliphatic rings. The number of hydrogen-bond donors (Lipinski definition) is 0. The Morgan fingerprint density at radius 2 is 1.02 bits per heavy atom. The molecule has 7 aromatic carbocycles. The molecule has 10 rings (SSSR count).